The Hall–Kier alpha value is -1.32. The van der Waals surface area contributed by atoms with Gasteiger partial charge in [0.05, 0.1) is 11.4 Å². The molecule has 0 unspecified atom stereocenters. The summed E-state index contributed by atoms with van der Waals surface area (Å²) in [4.78, 5) is 1.30. The Bertz CT molecular complexity index is 579. The summed E-state index contributed by atoms with van der Waals surface area (Å²) in [6.07, 6.45) is -4.27. The van der Waals surface area contributed by atoms with Crippen molar-refractivity contribution in [2.75, 3.05) is 38.5 Å². The van der Waals surface area contributed by atoms with Crippen molar-refractivity contribution >= 4 is 15.7 Å². The molecule has 0 saturated carbocycles. The monoisotopic (exact) mass is 323 g/mol. The Morgan fingerprint density at radius 2 is 1.57 bits per heavy atom. The molecule has 0 atom stereocenters. The summed E-state index contributed by atoms with van der Waals surface area (Å²) in [7, 11) is -3.68. The largest absolute Gasteiger partial charge is 0.401 e. The molecule has 0 aliphatic carbocycles. The second-order valence-corrected chi connectivity index (χ2v) is 6.80. The van der Waals surface area contributed by atoms with Crippen LogP contribution in [0.1, 0.15) is 0 Å². The van der Waals surface area contributed by atoms with E-state index in [-0.39, 0.29) is 31.1 Å². The molecule has 1 saturated heterocycles. The predicted octanol–water partition coefficient (Wildman–Crippen LogP) is 1.14. The fraction of sp³-hybridized carbons (Fsp3) is 0.500. The van der Waals surface area contributed by atoms with Crippen molar-refractivity contribution in [1.82, 2.24) is 9.21 Å². The predicted molar refractivity (Wildman–Crippen MR) is 72.1 cm³/mol. The first-order chi connectivity index (χ1) is 9.68. The van der Waals surface area contributed by atoms with E-state index in [0.717, 1.165) is 0 Å². The Kier molecular flexibility index (Phi) is 4.45. The number of hydrogen-bond acceptors (Lipinski definition) is 4. The van der Waals surface area contributed by atoms with Crippen LogP contribution in [0.25, 0.3) is 0 Å². The molecule has 1 aromatic rings. The van der Waals surface area contributed by atoms with Gasteiger partial charge in [0.25, 0.3) is 0 Å². The van der Waals surface area contributed by atoms with Gasteiger partial charge >= 0.3 is 6.18 Å². The van der Waals surface area contributed by atoms with Gasteiger partial charge in [0.15, 0.2) is 0 Å². The van der Waals surface area contributed by atoms with Crippen molar-refractivity contribution in [2.24, 2.45) is 0 Å². The first-order valence-electron chi connectivity index (χ1n) is 6.33. The highest BCUT2D eigenvalue weighted by molar-refractivity contribution is 7.89. The van der Waals surface area contributed by atoms with E-state index in [2.05, 4.69) is 0 Å². The zero-order valence-electron chi connectivity index (χ0n) is 11.2. The molecule has 0 spiro atoms. The molecule has 1 aliphatic rings. The molecule has 2 N–H and O–H groups in total. The minimum atomic E-state index is -4.27. The number of benzene rings is 1. The van der Waals surface area contributed by atoms with Crippen molar-refractivity contribution in [3.8, 4) is 0 Å². The summed E-state index contributed by atoms with van der Waals surface area (Å²) in [5.74, 6) is 0. The highest BCUT2D eigenvalue weighted by Crippen LogP contribution is 2.21. The van der Waals surface area contributed by atoms with Crippen LogP contribution in [-0.2, 0) is 10.0 Å². The molecule has 21 heavy (non-hydrogen) atoms. The lowest BCUT2D eigenvalue weighted by Gasteiger charge is -2.34. The first-order valence-corrected chi connectivity index (χ1v) is 7.77. The smallest absolute Gasteiger partial charge is 0.399 e. The Labute approximate surface area is 121 Å². The molecule has 0 bridgehead atoms. The Morgan fingerprint density at radius 1 is 1.05 bits per heavy atom. The molecule has 0 radical (unpaired) electrons. The number of nitrogen functional groups attached to an aromatic ring is 1. The summed E-state index contributed by atoms with van der Waals surface area (Å²) in [5.41, 5.74) is 5.95. The molecule has 118 valence electrons. The van der Waals surface area contributed by atoms with Crippen LogP contribution in [0, 0.1) is 0 Å². The Morgan fingerprint density at radius 3 is 2.05 bits per heavy atom. The number of nitrogens with zero attached hydrogens (tertiary/aromatic N) is 2. The van der Waals surface area contributed by atoms with Gasteiger partial charge in [0.1, 0.15) is 0 Å². The molecule has 1 aromatic carbocycles. The zero-order valence-corrected chi connectivity index (χ0v) is 12.0. The summed E-state index contributed by atoms with van der Waals surface area (Å²) < 4.78 is 62.7. The van der Waals surface area contributed by atoms with Gasteiger partial charge in [-0.05, 0) is 24.3 Å². The summed E-state index contributed by atoms with van der Waals surface area (Å²) >= 11 is 0. The van der Waals surface area contributed by atoms with E-state index >= 15 is 0 Å². The maximum Gasteiger partial charge on any atom is 0.401 e. The number of nitrogens with two attached hydrogens (primary N) is 1. The SMILES string of the molecule is Nc1ccc(S(=O)(=O)N2CCN(CC(F)(F)F)CC2)cc1. The quantitative estimate of drug-likeness (QED) is 0.847. The van der Waals surface area contributed by atoms with Crippen LogP contribution in [0.15, 0.2) is 29.2 Å². The topological polar surface area (TPSA) is 66.6 Å². The van der Waals surface area contributed by atoms with E-state index in [0.29, 0.717) is 5.69 Å². The van der Waals surface area contributed by atoms with E-state index in [9.17, 15) is 21.6 Å². The Balaban J connectivity index is 2.03. The van der Waals surface area contributed by atoms with Crippen molar-refractivity contribution in [2.45, 2.75) is 11.1 Å². The molecular formula is C12H16F3N3O2S. The van der Waals surface area contributed by atoms with Crippen molar-refractivity contribution in [1.29, 1.82) is 0 Å². The van der Waals surface area contributed by atoms with Crippen molar-refractivity contribution < 1.29 is 21.6 Å². The lowest BCUT2D eigenvalue weighted by molar-refractivity contribution is -0.148. The minimum absolute atomic E-state index is 0.0444. The first kappa shape index (κ1) is 16.1. The number of sulfonamides is 1. The van der Waals surface area contributed by atoms with E-state index in [4.69, 9.17) is 5.73 Å². The van der Waals surface area contributed by atoms with Gasteiger partial charge < -0.3 is 5.73 Å². The van der Waals surface area contributed by atoms with Crippen LogP contribution in [0.3, 0.4) is 0 Å². The van der Waals surface area contributed by atoms with Crippen LogP contribution >= 0.6 is 0 Å². The van der Waals surface area contributed by atoms with Gasteiger partial charge in [-0.25, -0.2) is 8.42 Å². The number of anilines is 1. The average molecular weight is 323 g/mol. The van der Waals surface area contributed by atoms with Crippen molar-refractivity contribution in [3.05, 3.63) is 24.3 Å². The molecule has 1 aliphatic heterocycles. The lowest BCUT2D eigenvalue weighted by Crippen LogP contribution is -2.50. The fourth-order valence-electron chi connectivity index (χ4n) is 2.17. The minimum Gasteiger partial charge on any atom is -0.399 e. The van der Waals surface area contributed by atoms with Crippen LogP contribution in [0.2, 0.25) is 0 Å². The molecule has 9 heteroatoms. The number of rotatable bonds is 3. The molecule has 0 aromatic heterocycles. The molecular weight excluding hydrogens is 307 g/mol. The lowest BCUT2D eigenvalue weighted by atomic mass is 10.3. The van der Waals surface area contributed by atoms with Gasteiger partial charge in [0.2, 0.25) is 10.0 Å². The third kappa shape index (κ3) is 4.08. The summed E-state index contributed by atoms with van der Waals surface area (Å²) in [6, 6.07) is 5.75. The van der Waals surface area contributed by atoms with Gasteiger partial charge in [-0.15, -0.1) is 0 Å². The van der Waals surface area contributed by atoms with Crippen LogP contribution in [0.4, 0.5) is 18.9 Å². The third-order valence-corrected chi connectivity index (χ3v) is 5.16. The summed E-state index contributed by atoms with van der Waals surface area (Å²) in [6.45, 7) is -0.796. The molecule has 1 heterocycles. The molecule has 5 nitrogen and oxygen atoms in total. The number of halogens is 3. The van der Waals surface area contributed by atoms with Crippen molar-refractivity contribution in [3.63, 3.8) is 0 Å². The maximum absolute atomic E-state index is 12.3. The van der Waals surface area contributed by atoms with Crippen LogP contribution < -0.4 is 5.73 Å². The van der Waals surface area contributed by atoms with Crippen LogP contribution in [-0.4, -0.2) is 56.5 Å². The second-order valence-electron chi connectivity index (χ2n) is 4.86. The highest BCUT2D eigenvalue weighted by atomic mass is 32.2. The highest BCUT2D eigenvalue weighted by Gasteiger charge is 2.34. The number of alkyl halides is 3. The maximum atomic E-state index is 12.3. The molecule has 1 fully saturated rings. The number of hydrogen-bond donors (Lipinski definition) is 1. The van der Waals surface area contributed by atoms with Gasteiger partial charge in [0, 0.05) is 31.9 Å². The van der Waals surface area contributed by atoms with Gasteiger partial charge in [-0.1, -0.05) is 0 Å². The fourth-order valence-corrected chi connectivity index (χ4v) is 3.59. The summed E-state index contributed by atoms with van der Waals surface area (Å²) in [5, 5.41) is 0. The van der Waals surface area contributed by atoms with Gasteiger partial charge in [-0.3, -0.25) is 4.90 Å². The number of piperazine rings is 1. The molecule has 0 amide bonds. The average Bonchev–Trinajstić information content (AvgIpc) is 2.38. The van der Waals surface area contributed by atoms with Gasteiger partial charge in [-0.2, -0.15) is 17.5 Å². The normalized spacial score (nSPS) is 18.8. The van der Waals surface area contributed by atoms with E-state index in [1.54, 1.807) is 0 Å². The van der Waals surface area contributed by atoms with Crippen LogP contribution in [0.5, 0.6) is 0 Å². The van der Waals surface area contributed by atoms with E-state index < -0.39 is 22.7 Å². The second kappa shape index (κ2) is 5.82. The van der Waals surface area contributed by atoms with E-state index in [1.165, 1.54) is 33.5 Å². The van der Waals surface area contributed by atoms with E-state index in [1.807, 2.05) is 0 Å². The standard InChI is InChI=1S/C12H16F3N3O2S/c13-12(14,15)9-17-5-7-18(8-6-17)21(19,20)11-3-1-10(16)2-4-11/h1-4H,5-9,16H2. The third-order valence-electron chi connectivity index (χ3n) is 3.25. The zero-order chi connectivity index (χ0) is 15.7. The molecule has 2 rings (SSSR count).